The summed E-state index contributed by atoms with van der Waals surface area (Å²) in [5.74, 6) is 0. The van der Waals surface area contributed by atoms with Crippen LogP contribution in [0.3, 0.4) is 0 Å². The van der Waals surface area contributed by atoms with Gasteiger partial charge in [0, 0.05) is 12.5 Å². The van der Waals surface area contributed by atoms with Gasteiger partial charge < -0.3 is 5.32 Å². The maximum atomic E-state index is 10.9. The summed E-state index contributed by atoms with van der Waals surface area (Å²) in [7, 11) is 0. The minimum absolute atomic E-state index is 0.316. The molecule has 0 radical (unpaired) electrons. The van der Waals surface area contributed by atoms with Gasteiger partial charge in [-0.05, 0) is 25.6 Å². The zero-order valence-corrected chi connectivity index (χ0v) is 9.75. The van der Waals surface area contributed by atoms with Crippen molar-refractivity contribution in [3.8, 4) is 0 Å². The summed E-state index contributed by atoms with van der Waals surface area (Å²) in [6.45, 7) is 5.37. The van der Waals surface area contributed by atoms with E-state index in [1.165, 1.54) is 18.2 Å². The van der Waals surface area contributed by atoms with E-state index >= 15 is 0 Å². The van der Waals surface area contributed by atoms with Crippen molar-refractivity contribution in [2.45, 2.75) is 45.6 Å². The second-order valence-corrected chi connectivity index (χ2v) is 4.36. The van der Waals surface area contributed by atoms with Gasteiger partial charge >= 0.3 is 0 Å². The van der Waals surface area contributed by atoms with E-state index in [4.69, 9.17) is 0 Å². The Morgan fingerprint density at radius 1 is 1.31 bits per heavy atom. The smallest absolute Gasteiger partial charge is 0.188 e. The Bertz CT molecular complexity index is 137. The topological polar surface area (TPSA) is 29.1 Å². The number of carbonyl (C=O) groups excluding carboxylic acids is 1. The van der Waals surface area contributed by atoms with Crippen molar-refractivity contribution in [3.05, 3.63) is 0 Å². The molecule has 0 spiro atoms. The highest BCUT2D eigenvalue weighted by Crippen LogP contribution is 2.06. The molecule has 2 nitrogen and oxygen atoms in total. The van der Waals surface area contributed by atoms with Crippen molar-refractivity contribution >= 4 is 16.9 Å². The summed E-state index contributed by atoms with van der Waals surface area (Å²) in [6, 6.07) is 0.577. The minimum atomic E-state index is 0.316. The number of carbonyl (C=O) groups is 1. The molecule has 0 aliphatic rings. The first-order chi connectivity index (χ1) is 6.16. The molecular formula is C10H21NOS. The van der Waals surface area contributed by atoms with E-state index in [0.29, 0.717) is 11.2 Å². The standard InChI is InChI=1S/C10H21NOS/c1-9(2)11-8-6-4-5-7-10(12)13-3/h9,11H,4-8H2,1-3H3. The molecule has 0 atom stereocenters. The van der Waals surface area contributed by atoms with Gasteiger partial charge in [-0.2, -0.15) is 0 Å². The molecule has 3 heteroatoms. The average Bonchev–Trinajstić information content (AvgIpc) is 2.10. The van der Waals surface area contributed by atoms with Gasteiger partial charge in [0.1, 0.15) is 0 Å². The third-order valence-electron chi connectivity index (χ3n) is 1.84. The zero-order valence-electron chi connectivity index (χ0n) is 8.93. The molecular weight excluding hydrogens is 182 g/mol. The van der Waals surface area contributed by atoms with Crippen LogP contribution < -0.4 is 5.32 Å². The lowest BCUT2D eigenvalue weighted by atomic mass is 10.2. The average molecular weight is 203 g/mol. The fraction of sp³-hybridized carbons (Fsp3) is 0.900. The molecule has 0 aliphatic heterocycles. The van der Waals surface area contributed by atoms with Crippen molar-refractivity contribution in [2.75, 3.05) is 12.8 Å². The molecule has 0 aromatic rings. The van der Waals surface area contributed by atoms with Gasteiger partial charge in [-0.3, -0.25) is 4.79 Å². The first kappa shape index (κ1) is 13.0. The largest absolute Gasteiger partial charge is 0.315 e. The van der Waals surface area contributed by atoms with Crippen molar-refractivity contribution in [3.63, 3.8) is 0 Å². The van der Waals surface area contributed by atoms with Crippen LogP contribution in [-0.2, 0) is 4.79 Å². The van der Waals surface area contributed by atoms with Crippen LogP contribution in [0.5, 0.6) is 0 Å². The molecule has 0 heterocycles. The van der Waals surface area contributed by atoms with Gasteiger partial charge in [0.2, 0.25) is 0 Å². The molecule has 0 aromatic heterocycles. The van der Waals surface area contributed by atoms with Crippen molar-refractivity contribution in [1.82, 2.24) is 5.32 Å². The number of thioether (sulfide) groups is 1. The van der Waals surface area contributed by atoms with Gasteiger partial charge in [0.25, 0.3) is 0 Å². The van der Waals surface area contributed by atoms with Crippen LogP contribution in [0.4, 0.5) is 0 Å². The third kappa shape index (κ3) is 9.90. The Morgan fingerprint density at radius 3 is 2.54 bits per heavy atom. The molecule has 78 valence electrons. The molecule has 0 aliphatic carbocycles. The SMILES string of the molecule is CSC(=O)CCCCCNC(C)C. The number of hydrogen-bond acceptors (Lipinski definition) is 3. The van der Waals surface area contributed by atoms with Gasteiger partial charge in [-0.1, -0.05) is 32.0 Å². The van der Waals surface area contributed by atoms with Crippen molar-refractivity contribution < 1.29 is 4.79 Å². The predicted molar refractivity (Wildman–Crippen MR) is 60.1 cm³/mol. The molecule has 0 unspecified atom stereocenters. The second kappa shape index (κ2) is 8.57. The molecule has 0 saturated carbocycles. The fourth-order valence-electron chi connectivity index (χ4n) is 1.06. The third-order valence-corrected chi connectivity index (χ3v) is 2.50. The molecule has 0 aromatic carbocycles. The van der Waals surface area contributed by atoms with E-state index in [2.05, 4.69) is 19.2 Å². The highest BCUT2D eigenvalue weighted by atomic mass is 32.2. The highest BCUT2D eigenvalue weighted by molar-refractivity contribution is 8.13. The number of rotatable bonds is 7. The fourth-order valence-corrected chi connectivity index (χ4v) is 1.41. The van der Waals surface area contributed by atoms with Crippen LogP contribution >= 0.6 is 11.8 Å². The second-order valence-electron chi connectivity index (χ2n) is 3.50. The molecule has 0 bridgehead atoms. The normalized spacial score (nSPS) is 10.8. The van der Waals surface area contributed by atoms with E-state index in [1.54, 1.807) is 0 Å². The summed E-state index contributed by atoms with van der Waals surface area (Å²) in [6.07, 6.45) is 5.97. The van der Waals surface area contributed by atoms with Crippen molar-refractivity contribution in [1.29, 1.82) is 0 Å². The van der Waals surface area contributed by atoms with Crippen LogP contribution in [0.25, 0.3) is 0 Å². The molecule has 0 amide bonds. The van der Waals surface area contributed by atoms with Crippen LogP contribution in [0.15, 0.2) is 0 Å². The maximum absolute atomic E-state index is 10.9. The van der Waals surface area contributed by atoms with Gasteiger partial charge in [0.15, 0.2) is 5.12 Å². The zero-order chi connectivity index (χ0) is 10.1. The molecule has 1 N–H and O–H groups in total. The monoisotopic (exact) mass is 203 g/mol. The molecule has 0 fully saturated rings. The van der Waals surface area contributed by atoms with E-state index in [1.807, 2.05) is 6.26 Å². The highest BCUT2D eigenvalue weighted by Gasteiger charge is 1.98. The van der Waals surface area contributed by atoms with E-state index in [9.17, 15) is 4.79 Å². The lowest BCUT2D eigenvalue weighted by molar-refractivity contribution is -0.111. The van der Waals surface area contributed by atoms with Crippen LogP contribution in [0.1, 0.15) is 39.5 Å². The predicted octanol–water partition coefficient (Wildman–Crippen LogP) is 2.43. The first-order valence-corrected chi connectivity index (χ1v) is 6.19. The number of nitrogens with one attached hydrogen (secondary N) is 1. The molecule has 0 saturated heterocycles. The van der Waals surface area contributed by atoms with E-state index < -0.39 is 0 Å². The summed E-state index contributed by atoms with van der Waals surface area (Å²) in [5.41, 5.74) is 0. The summed E-state index contributed by atoms with van der Waals surface area (Å²) in [5, 5.41) is 3.67. The van der Waals surface area contributed by atoms with Gasteiger partial charge in [-0.25, -0.2) is 0 Å². The van der Waals surface area contributed by atoms with Crippen LogP contribution in [0.2, 0.25) is 0 Å². The Kier molecular flexibility index (Phi) is 8.56. The lowest BCUT2D eigenvalue weighted by Crippen LogP contribution is -2.23. The van der Waals surface area contributed by atoms with Crippen LogP contribution in [-0.4, -0.2) is 24.0 Å². The van der Waals surface area contributed by atoms with E-state index in [0.717, 1.165) is 25.8 Å². The minimum Gasteiger partial charge on any atom is -0.315 e. The quantitative estimate of drug-likeness (QED) is 0.644. The van der Waals surface area contributed by atoms with Gasteiger partial charge in [0.05, 0.1) is 0 Å². The van der Waals surface area contributed by atoms with Crippen LogP contribution in [0, 0.1) is 0 Å². The number of unbranched alkanes of at least 4 members (excludes halogenated alkanes) is 2. The summed E-state index contributed by atoms with van der Waals surface area (Å²) in [4.78, 5) is 10.9. The van der Waals surface area contributed by atoms with Gasteiger partial charge in [-0.15, -0.1) is 0 Å². The summed E-state index contributed by atoms with van der Waals surface area (Å²) < 4.78 is 0. The first-order valence-electron chi connectivity index (χ1n) is 4.97. The maximum Gasteiger partial charge on any atom is 0.188 e. The molecule has 13 heavy (non-hydrogen) atoms. The Hall–Kier alpha value is -0.0200. The van der Waals surface area contributed by atoms with E-state index in [-0.39, 0.29) is 0 Å². The van der Waals surface area contributed by atoms with Crippen molar-refractivity contribution in [2.24, 2.45) is 0 Å². The molecule has 0 rings (SSSR count). The number of hydrogen-bond donors (Lipinski definition) is 1. The summed E-state index contributed by atoms with van der Waals surface area (Å²) >= 11 is 1.34. The lowest BCUT2D eigenvalue weighted by Gasteiger charge is -2.06. The Morgan fingerprint density at radius 2 is 2.00 bits per heavy atom. The Balaban J connectivity index is 3.04. The Labute approximate surface area is 85.9 Å².